The smallest absolute Gasteiger partial charge is 0.191 e. The molecule has 0 unspecified atom stereocenters. The van der Waals surface area contributed by atoms with Gasteiger partial charge in [0.2, 0.25) is 0 Å². The molecule has 0 spiro atoms. The fourth-order valence-electron chi connectivity index (χ4n) is 2.22. The van der Waals surface area contributed by atoms with Crippen LogP contribution in [0.5, 0.6) is 0 Å². The van der Waals surface area contributed by atoms with Crippen molar-refractivity contribution in [2.75, 3.05) is 20.1 Å². The summed E-state index contributed by atoms with van der Waals surface area (Å²) in [4.78, 5) is 6.68. The average molecular weight is 290 g/mol. The van der Waals surface area contributed by atoms with Crippen LogP contribution in [-0.2, 0) is 13.1 Å². The molecule has 0 fully saturated rings. The first kappa shape index (κ1) is 17.5. The van der Waals surface area contributed by atoms with Gasteiger partial charge >= 0.3 is 0 Å². The Morgan fingerprint density at radius 3 is 2.29 bits per heavy atom. The molecule has 4 heteroatoms. The minimum Gasteiger partial charge on any atom is -0.354 e. The van der Waals surface area contributed by atoms with Crippen molar-refractivity contribution in [1.82, 2.24) is 15.5 Å². The highest BCUT2D eigenvalue weighted by molar-refractivity contribution is 5.79. The molecule has 21 heavy (non-hydrogen) atoms. The van der Waals surface area contributed by atoms with E-state index in [2.05, 4.69) is 72.5 Å². The van der Waals surface area contributed by atoms with Crippen LogP contribution in [-0.4, -0.2) is 37.0 Å². The lowest BCUT2D eigenvalue weighted by Gasteiger charge is -2.21. The van der Waals surface area contributed by atoms with Crippen LogP contribution >= 0.6 is 0 Å². The predicted molar refractivity (Wildman–Crippen MR) is 91.5 cm³/mol. The van der Waals surface area contributed by atoms with E-state index in [1.54, 1.807) is 7.05 Å². The van der Waals surface area contributed by atoms with Crippen molar-refractivity contribution in [3.05, 3.63) is 35.4 Å². The lowest BCUT2D eigenvalue weighted by molar-refractivity contribution is 0.295. The Hall–Kier alpha value is -1.55. The van der Waals surface area contributed by atoms with E-state index in [9.17, 15) is 0 Å². The van der Waals surface area contributed by atoms with Gasteiger partial charge in [-0.25, -0.2) is 0 Å². The molecule has 0 atom stereocenters. The monoisotopic (exact) mass is 290 g/mol. The second-order valence-electron chi connectivity index (χ2n) is 5.45. The van der Waals surface area contributed by atoms with Gasteiger partial charge in [0, 0.05) is 26.2 Å². The van der Waals surface area contributed by atoms with E-state index < -0.39 is 0 Å². The highest BCUT2D eigenvalue weighted by Crippen LogP contribution is 2.11. The van der Waals surface area contributed by atoms with E-state index >= 15 is 0 Å². The van der Waals surface area contributed by atoms with Crippen molar-refractivity contribution in [2.24, 2.45) is 4.99 Å². The topological polar surface area (TPSA) is 39.7 Å². The van der Waals surface area contributed by atoms with E-state index in [-0.39, 0.29) is 0 Å². The van der Waals surface area contributed by atoms with Crippen LogP contribution in [0.3, 0.4) is 0 Å². The van der Waals surface area contributed by atoms with Gasteiger partial charge in [-0.15, -0.1) is 0 Å². The number of hydrogen-bond acceptors (Lipinski definition) is 2. The molecule has 1 rings (SSSR count). The number of hydrogen-bond donors (Lipinski definition) is 2. The van der Waals surface area contributed by atoms with Crippen molar-refractivity contribution in [1.29, 1.82) is 0 Å². The zero-order chi connectivity index (χ0) is 15.7. The lowest BCUT2D eigenvalue weighted by Crippen LogP contribution is -2.40. The van der Waals surface area contributed by atoms with Gasteiger partial charge in [0.15, 0.2) is 5.96 Å². The number of nitrogens with one attached hydrogen (secondary N) is 2. The predicted octanol–water partition coefficient (Wildman–Crippen LogP) is 2.60. The summed E-state index contributed by atoms with van der Waals surface area (Å²) in [6.45, 7) is 12.6. The van der Waals surface area contributed by atoms with Crippen molar-refractivity contribution < 1.29 is 0 Å². The van der Waals surface area contributed by atoms with Crippen LogP contribution in [0.15, 0.2) is 29.3 Å². The average Bonchev–Trinajstić information content (AvgIpc) is 2.49. The fourth-order valence-corrected chi connectivity index (χ4v) is 2.22. The first-order valence-electron chi connectivity index (χ1n) is 7.87. The van der Waals surface area contributed by atoms with Crippen molar-refractivity contribution in [3.8, 4) is 0 Å². The third-order valence-corrected chi connectivity index (χ3v) is 3.50. The van der Waals surface area contributed by atoms with Gasteiger partial charge in [0.05, 0.1) is 0 Å². The fraction of sp³-hybridized carbons (Fsp3) is 0.588. The molecule has 0 saturated heterocycles. The molecule has 4 nitrogen and oxygen atoms in total. The summed E-state index contributed by atoms with van der Waals surface area (Å²) in [5.41, 5.74) is 2.71. The molecule has 0 bridgehead atoms. The van der Waals surface area contributed by atoms with Crippen molar-refractivity contribution in [3.63, 3.8) is 0 Å². The molecule has 0 amide bonds. The van der Waals surface area contributed by atoms with Gasteiger partial charge in [0.25, 0.3) is 0 Å². The molecule has 118 valence electrons. The van der Waals surface area contributed by atoms with Crippen molar-refractivity contribution in [2.45, 2.75) is 46.8 Å². The van der Waals surface area contributed by atoms with Gasteiger partial charge in [-0.1, -0.05) is 38.1 Å². The molecule has 0 aliphatic heterocycles. The van der Waals surface area contributed by atoms with Gasteiger partial charge in [-0.2, -0.15) is 0 Å². The first-order valence-corrected chi connectivity index (χ1v) is 7.87. The molecule has 0 saturated carbocycles. The van der Waals surface area contributed by atoms with E-state index in [1.165, 1.54) is 11.1 Å². The van der Waals surface area contributed by atoms with Crippen LogP contribution in [0.2, 0.25) is 0 Å². The molecule has 1 aromatic carbocycles. The Kier molecular flexibility index (Phi) is 7.83. The molecule has 0 aliphatic carbocycles. The number of nitrogens with zero attached hydrogens (tertiary/aromatic N) is 2. The largest absolute Gasteiger partial charge is 0.354 e. The Labute approximate surface area is 129 Å². The SMILES string of the molecule is CCN(CC)Cc1ccccc1CNC(=NC)NC(C)C. The summed E-state index contributed by atoms with van der Waals surface area (Å²) in [5, 5.41) is 6.70. The summed E-state index contributed by atoms with van der Waals surface area (Å²) in [5.74, 6) is 0.850. The molecule has 0 aromatic heterocycles. The number of aliphatic imine (C=N–C) groups is 1. The van der Waals surface area contributed by atoms with E-state index in [1.807, 2.05) is 0 Å². The van der Waals surface area contributed by atoms with Crippen LogP contribution in [0.4, 0.5) is 0 Å². The summed E-state index contributed by atoms with van der Waals surface area (Å²) in [6, 6.07) is 9.00. The van der Waals surface area contributed by atoms with Crippen LogP contribution in [0, 0.1) is 0 Å². The molecular weight excluding hydrogens is 260 g/mol. The molecule has 2 N–H and O–H groups in total. The quantitative estimate of drug-likeness (QED) is 0.599. The maximum Gasteiger partial charge on any atom is 0.191 e. The minimum atomic E-state index is 0.377. The summed E-state index contributed by atoms with van der Waals surface area (Å²) < 4.78 is 0. The summed E-state index contributed by atoms with van der Waals surface area (Å²) >= 11 is 0. The Morgan fingerprint density at radius 1 is 1.14 bits per heavy atom. The first-order chi connectivity index (χ1) is 10.1. The van der Waals surface area contributed by atoms with E-state index in [4.69, 9.17) is 0 Å². The third kappa shape index (κ3) is 6.17. The zero-order valence-corrected chi connectivity index (χ0v) is 14.1. The summed E-state index contributed by atoms with van der Waals surface area (Å²) in [7, 11) is 1.81. The minimum absolute atomic E-state index is 0.377. The van der Waals surface area contributed by atoms with Crippen LogP contribution in [0.1, 0.15) is 38.8 Å². The molecule has 0 radical (unpaired) electrons. The zero-order valence-electron chi connectivity index (χ0n) is 14.1. The van der Waals surface area contributed by atoms with Crippen LogP contribution in [0.25, 0.3) is 0 Å². The maximum atomic E-state index is 4.25. The highest BCUT2D eigenvalue weighted by atomic mass is 15.2. The third-order valence-electron chi connectivity index (χ3n) is 3.50. The lowest BCUT2D eigenvalue weighted by atomic mass is 10.1. The molecule has 0 heterocycles. The van der Waals surface area contributed by atoms with E-state index in [0.29, 0.717) is 6.04 Å². The molecule has 0 aliphatic rings. The number of rotatable bonds is 7. The molecule has 1 aromatic rings. The van der Waals surface area contributed by atoms with Gasteiger partial charge in [-0.3, -0.25) is 9.89 Å². The Balaban J connectivity index is 2.70. The number of guanidine groups is 1. The summed E-state index contributed by atoms with van der Waals surface area (Å²) in [6.07, 6.45) is 0. The maximum absolute atomic E-state index is 4.25. The van der Waals surface area contributed by atoms with Gasteiger partial charge < -0.3 is 10.6 Å². The number of benzene rings is 1. The Bertz CT molecular complexity index is 436. The second-order valence-corrected chi connectivity index (χ2v) is 5.45. The van der Waals surface area contributed by atoms with Crippen molar-refractivity contribution >= 4 is 5.96 Å². The Morgan fingerprint density at radius 2 is 1.76 bits per heavy atom. The van der Waals surface area contributed by atoms with E-state index in [0.717, 1.165) is 32.1 Å². The normalized spacial score (nSPS) is 12.0. The van der Waals surface area contributed by atoms with Gasteiger partial charge in [-0.05, 0) is 38.1 Å². The standard InChI is InChI=1S/C17H30N4/c1-6-21(7-2)13-16-11-9-8-10-15(16)12-19-17(18-5)20-14(3)4/h8-11,14H,6-7,12-13H2,1-5H3,(H2,18,19,20). The van der Waals surface area contributed by atoms with Crippen LogP contribution < -0.4 is 10.6 Å². The highest BCUT2D eigenvalue weighted by Gasteiger charge is 2.07. The second kappa shape index (κ2) is 9.40. The molecular formula is C17H30N4. The van der Waals surface area contributed by atoms with Gasteiger partial charge in [0.1, 0.15) is 0 Å².